The number of benzene rings is 2. The maximum atomic E-state index is 13.3. The van der Waals surface area contributed by atoms with Crippen molar-refractivity contribution in [2.24, 2.45) is 0 Å². The molecule has 5 nitrogen and oxygen atoms in total. The van der Waals surface area contributed by atoms with Gasteiger partial charge < -0.3 is 10.6 Å². The van der Waals surface area contributed by atoms with Gasteiger partial charge in [0.05, 0.1) is 0 Å². The van der Waals surface area contributed by atoms with Crippen molar-refractivity contribution in [2.75, 3.05) is 10.6 Å². The average Bonchev–Trinajstić information content (AvgIpc) is 2.56. The predicted molar refractivity (Wildman–Crippen MR) is 100 cm³/mol. The van der Waals surface area contributed by atoms with Gasteiger partial charge >= 0.3 is 0 Å². The fourth-order valence-corrected chi connectivity index (χ4v) is 2.69. The minimum atomic E-state index is -1.04. The summed E-state index contributed by atoms with van der Waals surface area (Å²) < 4.78 is 26.3. The zero-order valence-corrected chi connectivity index (χ0v) is 15.1. The molecule has 0 saturated carbocycles. The van der Waals surface area contributed by atoms with Gasteiger partial charge in [0.15, 0.2) is 11.6 Å². The number of amides is 1. The van der Waals surface area contributed by atoms with E-state index in [1.165, 1.54) is 12.1 Å². The maximum Gasteiger partial charge on any atom is 0.274 e. The molecule has 0 aliphatic heterocycles. The molecule has 2 N–H and O–H groups in total. The summed E-state index contributed by atoms with van der Waals surface area (Å²) in [6.07, 6.45) is 0. The van der Waals surface area contributed by atoms with Crippen LogP contribution in [0.2, 0.25) is 0 Å². The fourth-order valence-electron chi connectivity index (χ4n) is 2.69. The Kier molecular flexibility index (Phi) is 5.12. The van der Waals surface area contributed by atoms with E-state index in [9.17, 15) is 13.6 Å². The van der Waals surface area contributed by atoms with E-state index in [1.807, 2.05) is 32.0 Å². The lowest BCUT2D eigenvalue weighted by atomic mass is 10.1. The van der Waals surface area contributed by atoms with Gasteiger partial charge in [0, 0.05) is 23.1 Å². The smallest absolute Gasteiger partial charge is 0.274 e. The second-order valence-corrected chi connectivity index (χ2v) is 6.30. The van der Waals surface area contributed by atoms with Gasteiger partial charge in [-0.1, -0.05) is 6.07 Å². The third kappa shape index (κ3) is 4.63. The summed E-state index contributed by atoms with van der Waals surface area (Å²) in [5.41, 5.74) is 3.82. The zero-order chi connectivity index (χ0) is 19.6. The Morgan fingerprint density at radius 1 is 0.852 bits per heavy atom. The van der Waals surface area contributed by atoms with Crippen LogP contribution in [0.25, 0.3) is 0 Å². The Morgan fingerprint density at radius 2 is 1.56 bits per heavy atom. The number of aryl methyl sites for hydroxylation is 3. The molecule has 3 aromatic rings. The van der Waals surface area contributed by atoms with E-state index in [0.29, 0.717) is 5.69 Å². The molecule has 0 fully saturated rings. The molecule has 0 unspecified atom stereocenters. The highest BCUT2D eigenvalue weighted by molar-refractivity contribution is 6.03. The Hall–Kier alpha value is -3.35. The van der Waals surface area contributed by atoms with E-state index in [4.69, 9.17) is 0 Å². The van der Waals surface area contributed by atoms with Crippen LogP contribution >= 0.6 is 0 Å². The first-order valence-electron chi connectivity index (χ1n) is 8.27. The number of nitrogens with one attached hydrogen (secondary N) is 2. The Labute approximate surface area is 155 Å². The molecule has 7 heteroatoms. The molecule has 1 amide bonds. The van der Waals surface area contributed by atoms with Crippen LogP contribution in [0.1, 0.15) is 27.3 Å². The van der Waals surface area contributed by atoms with Crippen molar-refractivity contribution in [3.8, 4) is 0 Å². The number of hydrogen-bond donors (Lipinski definition) is 2. The zero-order valence-electron chi connectivity index (χ0n) is 15.1. The summed E-state index contributed by atoms with van der Waals surface area (Å²) in [5.74, 6) is -2.29. The van der Waals surface area contributed by atoms with Gasteiger partial charge in [-0.3, -0.25) is 4.79 Å². The minimum Gasteiger partial charge on any atom is -0.324 e. The van der Waals surface area contributed by atoms with Gasteiger partial charge in [-0.15, -0.1) is 0 Å². The van der Waals surface area contributed by atoms with Crippen molar-refractivity contribution in [3.63, 3.8) is 0 Å². The molecule has 0 aliphatic carbocycles. The molecule has 0 atom stereocenters. The van der Waals surface area contributed by atoms with Crippen LogP contribution in [-0.2, 0) is 0 Å². The van der Waals surface area contributed by atoms with E-state index in [-0.39, 0.29) is 17.3 Å². The molecule has 3 rings (SSSR count). The molecule has 0 radical (unpaired) electrons. The van der Waals surface area contributed by atoms with Gasteiger partial charge in [0.2, 0.25) is 5.95 Å². The molecule has 1 aromatic heterocycles. The SMILES string of the molecule is Cc1cc(C)cc(Nc2nc(C)cc(C(=O)Nc3ccc(F)c(F)c3)n2)c1. The lowest BCUT2D eigenvalue weighted by Gasteiger charge is -2.10. The molecule has 1 heterocycles. The van der Waals surface area contributed by atoms with Crippen LogP contribution in [0.3, 0.4) is 0 Å². The summed E-state index contributed by atoms with van der Waals surface area (Å²) in [5, 5.41) is 5.59. The number of hydrogen-bond acceptors (Lipinski definition) is 4. The first-order chi connectivity index (χ1) is 12.8. The number of aromatic nitrogens is 2. The minimum absolute atomic E-state index is 0.110. The highest BCUT2D eigenvalue weighted by Crippen LogP contribution is 2.19. The highest BCUT2D eigenvalue weighted by Gasteiger charge is 2.13. The van der Waals surface area contributed by atoms with E-state index >= 15 is 0 Å². The fraction of sp³-hybridized carbons (Fsp3) is 0.150. The number of halogens is 2. The number of anilines is 3. The van der Waals surface area contributed by atoms with Gasteiger partial charge in [-0.25, -0.2) is 18.7 Å². The first kappa shape index (κ1) is 18.4. The normalized spacial score (nSPS) is 10.6. The second kappa shape index (κ2) is 7.49. The van der Waals surface area contributed by atoms with Crippen LogP contribution < -0.4 is 10.6 Å². The molecule has 0 aliphatic rings. The Balaban J connectivity index is 1.83. The summed E-state index contributed by atoms with van der Waals surface area (Å²) in [4.78, 5) is 20.9. The van der Waals surface area contributed by atoms with Crippen LogP contribution in [0, 0.1) is 32.4 Å². The average molecular weight is 368 g/mol. The summed E-state index contributed by atoms with van der Waals surface area (Å²) >= 11 is 0. The lowest BCUT2D eigenvalue weighted by Crippen LogP contribution is -2.15. The quantitative estimate of drug-likeness (QED) is 0.702. The Morgan fingerprint density at radius 3 is 2.22 bits per heavy atom. The number of nitrogens with zero attached hydrogens (tertiary/aromatic N) is 2. The van der Waals surface area contributed by atoms with Crippen molar-refractivity contribution in [1.29, 1.82) is 0 Å². The molecule has 0 bridgehead atoms. The van der Waals surface area contributed by atoms with E-state index in [0.717, 1.165) is 28.9 Å². The third-order valence-electron chi connectivity index (χ3n) is 3.74. The predicted octanol–water partition coefficient (Wildman–Crippen LogP) is 4.68. The molecular formula is C20H18F2N4O. The van der Waals surface area contributed by atoms with E-state index in [2.05, 4.69) is 20.6 Å². The molecule has 0 saturated heterocycles. The third-order valence-corrected chi connectivity index (χ3v) is 3.74. The number of carbonyl (C=O) groups is 1. The van der Waals surface area contributed by atoms with Gasteiger partial charge in [0.1, 0.15) is 5.69 Å². The number of carbonyl (C=O) groups excluding carboxylic acids is 1. The monoisotopic (exact) mass is 368 g/mol. The summed E-state index contributed by atoms with van der Waals surface area (Å²) in [6.45, 7) is 5.70. The standard InChI is InChI=1S/C20H18F2N4O/c1-11-6-12(2)8-15(7-11)25-20-23-13(3)9-18(26-20)19(27)24-14-4-5-16(21)17(22)10-14/h4-10H,1-3H3,(H,24,27)(H,23,25,26). The van der Waals surface area contributed by atoms with Crippen molar-refractivity contribution in [2.45, 2.75) is 20.8 Å². The van der Waals surface area contributed by atoms with Crippen molar-refractivity contribution in [1.82, 2.24) is 9.97 Å². The first-order valence-corrected chi connectivity index (χ1v) is 8.27. The molecular weight excluding hydrogens is 350 g/mol. The topological polar surface area (TPSA) is 66.9 Å². The van der Waals surface area contributed by atoms with Crippen LogP contribution in [-0.4, -0.2) is 15.9 Å². The maximum absolute atomic E-state index is 13.3. The Bertz CT molecular complexity index is 1000. The molecule has 27 heavy (non-hydrogen) atoms. The van der Waals surface area contributed by atoms with E-state index < -0.39 is 17.5 Å². The molecule has 2 aromatic carbocycles. The van der Waals surface area contributed by atoms with Crippen molar-refractivity contribution >= 4 is 23.2 Å². The molecule has 0 spiro atoms. The largest absolute Gasteiger partial charge is 0.324 e. The van der Waals surface area contributed by atoms with Gasteiger partial charge in [-0.2, -0.15) is 0 Å². The summed E-state index contributed by atoms with van der Waals surface area (Å²) in [6, 6.07) is 10.6. The second-order valence-electron chi connectivity index (χ2n) is 6.30. The van der Waals surface area contributed by atoms with Crippen LogP contribution in [0.15, 0.2) is 42.5 Å². The van der Waals surface area contributed by atoms with Crippen LogP contribution in [0.5, 0.6) is 0 Å². The van der Waals surface area contributed by atoms with Crippen molar-refractivity contribution < 1.29 is 13.6 Å². The highest BCUT2D eigenvalue weighted by atomic mass is 19.2. The van der Waals surface area contributed by atoms with Gasteiger partial charge in [0.25, 0.3) is 5.91 Å². The molecule has 138 valence electrons. The van der Waals surface area contributed by atoms with Crippen molar-refractivity contribution in [3.05, 3.63) is 76.6 Å². The summed E-state index contributed by atoms with van der Waals surface area (Å²) in [7, 11) is 0. The number of rotatable bonds is 4. The van der Waals surface area contributed by atoms with E-state index in [1.54, 1.807) is 6.92 Å². The lowest BCUT2D eigenvalue weighted by molar-refractivity contribution is 0.102. The van der Waals surface area contributed by atoms with Crippen LogP contribution in [0.4, 0.5) is 26.1 Å². The van der Waals surface area contributed by atoms with Gasteiger partial charge in [-0.05, 0) is 62.2 Å².